The van der Waals surface area contributed by atoms with Crippen LogP contribution in [-0.2, 0) is 43.3 Å². The predicted molar refractivity (Wildman–Crippen MR) is 545 cm³/mol. The van der Waals surface area contributed by atoms with Gasteiger partial charge >= 0.3 is 0 Å². The Balaban J connectivity index is 0.0000000952. The number of para-hydroxylation sites is 1. The van der Waals surface area contributed by atoms with Gasteiger partial charge in [0, 0.05) is 54.8 Å². The van der Waals surface area contributed by atoms with Crippen molar-refractivity contribution in [2.24, 2.45) is 88.8 Å². The number of nitrogen functional groups attached to an aromatic ring is 1. The van der Waals surface area contributed by atoms with Gasteiger partial charge in [-0.15, -0.1) is 0 Å². The molecule has 34 rings (SSSR count). The van der Waals surface area contributed by atoms with E-state index >= 15 is 0 Å². The summed E-state index contributed by atoms with van der Waals surface area (Å²) in [6, 6.07) is 94.9. The van der Waals surface area contributed by atoms with Crippen molar-refractivity contribution in [3.8, 4) is 33.4 Å². The first-order chi connectivity index (χ1) is 62.9. The minimum atomic E-state index is -0.0184. The lowest BCUT2D eigenvalue weighted by molar-refractivity contribution is -0.00559. The molecule has 23 aliphatic rings. The van der Waals surface area contributed by atoms with Crippen LogP contribution in [0.2, 0.25) is 0 Å². The monoisotopic (exact) mass is 1770 g/mol. The normalized spacial score (nSPS) is 34.0. The Bertz CT molecular complexity index is 6000. The summed E-state index contributed by atoms with van der Waals surface area (Å²) in [4.78, 5) is 2.68. The Morgan fingerprint density at radius 1 is 0.254 bits per heavy atom. The first-order valence-corrected chi connectivity index (χ1v) is 52.9. The number of nitrogens with one attached hydrogen (secondary N) is 1. The highest BCUT2D eigenvalue weighted by molar-refractivity contribution is 9.10. The molecule has 4 heteroatoms. The lowest BCUT2D eigenvalue weighted by atomic mass is 9.48. The van der Waals surface area contributed by atoms with Gasteiger partial charge in [0.15, 0.2) is 0 Å². The molecule has 3 nitrogen and oxygen atoms in total. The summed E-state index contributed by atoms with van der Waals surface area (Å²) in [7, 11) is 0. The third kappa shape index (κ3) is 14.1. The van der Waals surface area contributed by atoms with Gasteiger partial charge in [-0.3, -0.25) is 0 Å². The second kappa shape index (κ2) is 31.2. The van der Waals surface area contributed by atoms with E-state index in [1.165, 1.54) is 279 Å². The van der Waals surface area contributed by atoms with Gasteiger partial charge in [-0.25, -0.2) is 0 Å². The van der Waals surface area contributed by atoms with Crippen molar-refractivity contribution in [2.45, 2.75) is 284 Å². The van der Waals surface area contributed by atoms with Crippen LogP contribution in [0.4, 0.5) is 34.1 Å². The van der Waals surface area contributed by atoms with E-state index in [-0.39, 0.29) is 16.2 Å². The fourth-order valence-corrected chi connectivity index (χ4v) is 36.7. The lowest BCUT2D eigenvalue weighted by Gasteiger charge is -2.57. The topological polar surface area (TPSA) is 41.3 Å². The highest BCUT2D eigenvalue weighted by Gasteiger charge is 2.58. The van der Waals surface area contributed by atoms with Crippen LogP contribution in [0.1, 0.15) is 301 Å². The van der Waals surface area contributed by atoms with Gasteiger partial charge < -0.3 is 16.0 Å². The van der Waals surface area contributed by atoms with Crippen LogP contribution >= 0.6 is 15.9 Å². The van der Waals surface area contributed by atoms with Crippen LogP contribution in [0.25, 0.3) is 33.4 Å². The van der Waals surface area contributed by atoms with Crippen LogP contribution in [0, 0.1) is 95.7 Å². The third-order valence-corrected chi connectivity index (χ3v) is 40.2. The average Bonchev–Trinajstić information content (AvgIpc) is 1.46. The molecule has 0 aliphatic heterocycles. The van der Waals surface area contributed by atoms with Crippen LogP contribution in [0.5, 0.6) is 0 Å². The Labute approximate surface area is 786 Å². The van der Waals surface area contributed by atoms with E-state index in [2.05, 4.69) is 317 Å². The summed E-state index contributed by atoms with van der Waals surface area (Å²) in [5, 5.41) is 3.70. The first-order valence-electron chi connectivity index (χ1n) is 52.1. The molecule has 20 fully saturated rings. The minimum Gasteiger partial charge on any atom is -0.399 e. The number of rotatable bonds is 10. The zero-order chi connectivity index (χ0) is 87.6. The smallest absolute Gasteiger partial charge is 0.0499 e. The van der Waals surface area contributed by atoms with Crippen LogP contribution in [0.3, 0.4) is 0 Å². The Kier molecular flexibility index (Phi) is 19.9. The molecule has 20 bridgehead atoms. The quantitative estimate of drug-likeness (QED) is 0.134. The summed E-state index contributed by atoms with van der Waals surface area (Å²) in [5.74, 6) is 15.0. The number of anilines is 6. The standard InChI is InChI=1S/C47H51N.C31H33N.C17H22.C16H19Br.C15H15N/c1-45(2)41-8-4-3-7-39(41)40-16-15-38(23-43(40)45)48(37-13-11-36(12-14-37)46-24-30-17-31(25-46)19-32(18-30)26-46)44-10-6-5-9-42(44)47-27-33-20-34(28-47)22-35(21-33)29-47;1-30(2)28-6-4-3-5-26(28)27-12-11-25(16-29(27)30)32-24-9-7-23(8-10-24)31-17-20-13-21(18-31)15-22(14-20)19-31;1-12-2-4-16(5-3-12)17-9-13-6-14(10-17)8-15(7-13)11-17;17-15-4-2-1-3-14(15)16-8-11-5-12(9-16)7-13(6-11)10-16;1-15(2)13-6-4-3-5-11(13)12-8-7-10(16)9-14(12)15/h3-16,23,30-35H,17-22,24-29H2,1-2H3;3-12,16,20-22,32H,13-15,17-19H2,1-2H3;2-5,13-15H,6-11H2,1H3;1-4,11-13H,5-10H2;3-9H,16H2,1-2H3. The van der Waals surface area contributed by atoms with E-state index in [1.807, 2.05) is 6.07 Å². The summed E-state index contributed by atoms with van der Waals surface area (Å²) in [6.45, 7) is 16.3. The van der Waals surface area contributed by atoms with Gasteiger partial charge in [0.05, 0.1) is 0 Å². The maximum absolute atomic E-state index is 5.89. The van der Waals surface area contributed by atoms with E-state index in [9.17, 15) is 0 Å². The van der Waals surface area contributed by atoms with Crippen LogP contribution < -0.4 is 16.0 Å². The van der Waals surface area contributed by atoms with E-state index in [1.54, 1.807) is 47.1 Å². The van der Waals surface area contributed by atoms with Gasteiger partial charge in [-0.2, -0.15) is 0 Å². The molecule has 0 heterocycles. The molecule has 11 aromatic carbocycles. The highest BCUT2D eigenvalue weighted by atomic mass is 79.9. The Hall–Kier alpha value is -8.70. The molecule has 0 spiro atoms. The zero-order valence-corrected chi connectivity index (χ0v) is 80.5. The van der Waals surface area contributed by atoms with Gasteiger partial charge in [0.2, 0.25) is 0 Å². The molecule has 666 valence electrons. The van der Waals surface area contributed by atoms with Crippen LogP contribution in [-0.4, -0.2) is 0 Å². The minimum absolute atomic E-state index is 0.0184. The molecule has 0 unspecified atom stereocenters. The van der Waals surface area contributed by atoms with Crippen molar-refractivity contribution in [1.82, 2.24) is 0 Å². The molecule has 3 N–H and O–H groups in total. The van der Waals surface area contributed by atoms with Crippen molar-refractivity contribution < 1.29 is 0 Å². The molecule has 0 radical (unpaired) electrons. The number of aryl methyl sites for hydroxylation is 1. The lowest BCUT2D eigenvalue weighted by Crippen LogP contribution is -2.49. The molecule has 130 heavy (non-hydrogen) atoms. The maximum Gasteiger partial charge on any atom is 0.0499 e. The second-order valence-electron chi connectivity index (χ2n) is 49.2. The number of nitrogens with two attached hydrogens (primary N) is 1. The molecule has 0 aromatic heterocycles. The first kappa shape index (κ1) is 83.1. The molecule has 0 saturated heterocycles. The molecular formula is C126H140BrN3. The molecule has 0 amide bonds. The average molecular weight is 1780 g/mol. The summed E-state index contributed by atoms with van der Waals surface area (Å²) < 4.78 is 1.35. The number of benzene rings is 11. The van der Waals surface area contributed by atoms with Crippen molar-refractivity contribution in [3.05, 3.63) is 320 Å². The SMILES string of the molecule is Brc1ccccc1C12CC3CC(CC(C3)C1)C2.CC1(C)c2ccccc2-c2ccc(N(c3ccc(C45CC6CC(CC(C6)C4)C5)cc3)c3ccccc3C34CC5CC(CC(C5)C3)C4)cc21.CC1(C)c2ccccc2-c2ccc(N)cc21.CC1(C)c2ccccc2-c2ccc(Nc3ccc(C45CC6CC(CC(C6)C4)C5)cc3)cc21.Cc1ccc(C23CC4CC(CC(C4)C2)C3)cc1. The summed E-state index contributed by atoms with van der Waals surface area (Å²) in [6.07, 6.45) is 44.3. The third-order valence-electron chi connectivity index (χ3n) is 39.6. The molecular weight excluding hydrogens is 1640 g/mol. The van der Waals surface area contributed by atoms with Gasteiger partial charge in [0.1, 0.15) is 0 Å². The van der Waals surface area contributed by atoms with Crippen molar-refractivity contribution in [3.63, 3.8) is 0 Å². The number of hydrogen-bond donors (Lipinski definition) is 2. The van der Waals surface area contributed by atoms with Crippen molar-refractivity contribution in [1.29, 1.82) is 0 Å². The number of nitrogens with zero attached hydrogens (tertiary/aromatic N) is 1. The van der Waals surface area contributed by atoms with Crippen molar-refractivity contribution >= 4 is 50.1 Å². The van der Waals surface area contributed by atoms with Gasteiger partial charge in [-0.1, -0.05) is 239 Å². The van der Waals surface area contributed by atoms with Crippen molar-refractivity contribution in [2.75, 3.05) is 16.0 Å². The largest absolute Gasteiger partial charge is 0.399 e. The Morgan fingerprint density at radius 3 is 0.923 bits per heavy atom. The van der Waals surface area contributed by atoms with Gasteiger partial charge in [-0.05, 0) is 483 Å². The fourth-order valence-electron chi connectivity index (χ4n) is 36.0. The molecule has 11 aromatic rings. The van der Waals surface area contributed by atoms with E-state index in [4.69, 9.17) is 5.73 Å². The number of hydrogen-bond acceptors (Lipinski definition) is 3. The molecule has 20 saturated carbocycles. The number of fused-ring (bicyclic) bond motifs is 9. The second-order valence-corrected chi connectivity index (χ2v) is 50.1. The molecule has 0 atom stereocenters. The van der Waals surface area contributed by atoms with E-state index in [0.717, 1.165) is 94.5 Å². The Morgan fingerprint density at radius 2 is 0.531 bits per heavy atom. The summed E-state index contributed by atoms with van der Waals surface area (Å²) >= 11 is 3.79. The zero-order valence-electron chi connectivity index (χ0n) is 78.9. The fraction of sp³-hybridized carbons (Fsp3) is 0.476. The van der Waals surface area contributed by atoms with E-state index in [0.29, 0.717) is 27.1 Å². The summed E-state index contributed by atoms with van der Waals surface area (Å²) in [5.41, 5.74) is 42.0. The van der Waals surface area contributed by atoms with E-state index < -0.39 is 0 Å². The van der Waals surface area contributed by atoms with Crippen LogP contribution in [0.15, 0.2) is 253 Å². The van der Waals surface area contributed by atoms with Gasteiger partial charge in [0.25, 0.3) is 0 Å². The maximum atomic E-state index is 5.89. The highest BCUT2D eigenvalue weighted by Crippen LogP contribution is 2.68. The predicted octanol–water partition coefficient (Wildman–Crippen LogP) is 33.6. The molecule has 23 aliphatic carbocycles. The number of halogens is 1.